The first-order valence-electron chi connectivity index (χ1n) is 7.02. The minimum atomic E-state index is -3.20. The van der Waals surface area contributed by atoms with Crippen LogP contribution < -0.4 is 10.5 Å². The van der Waals surface area contributed by atoms with Crippen molar-refractivity contribution in [3.63, 3.8) is 0 Å². The lowest BCUT2D eigenvalue weighted by atomic mass is 9.94. The van der Waals surface area contributed by atoms with Crippen LogP contribution in [0, 0.1) is 5.41 Å². The van der Waals surface area contributed by atoms with E-state index in [0.717, 1.165) is 25.7 Å². The van der Waals surface area contributed by atoms with Gasteiger partial charge in [0.15, 0.2) is 0 Å². The van der Waals surface area contributed by atoms with Gasteiger partial charge in [-0.25, -0.2) is 13.1 Å². The van der Waals surface area contributed by atoms with Gasteiger partial charge in [-0.15, -0.1) is 0 Å². The summed E-state index contributed by atoms with van der Waals surface area (Å²) in [6, 6.07) is 0.310. The highest BCUT2D eigenvalue weighted by atomic mass is 32.2. The molecular formula is C13H28N2O3S. The summed E-state index contributed by atoms with van der Waals surface area (Å²) in [7, 11) is -3.20. The second-order valence-corrected chi connectivity index (χ2v) is 8.43. The van der Waals surface area contributed by atoms with Crippen LogP contribution in [0.4, 0.5) is 0 Å². The van der Waals surface area contributed by atoms with E-state index in [9.17, 15) is 8.42 Å². The van der Waals surface area contributed by atoms with E-state index in [-0.39, 0.29) is 17.3 Å². The van der Waals surface area contributed by atoms with Gasteiger partial charge >= 0.3 is 0 Å². The van der Waals surface area contributed by atoms with Gasteiger partial charge in [0, 0.05) is 12.6 Å². The zero-order chi connectivity index (χ0) is 14.5. The average molecular weight is 292 g/mol. The number of ether oxygens (including phenoxy) is 1. The fourth-order valence-corrected chi connectivity index (χ4v) is 3.94. The Morgan fingerprint density at radius 2 is 1.79 bits per heavy atom. The van der Waals surface area contributed by atoms with Crippen LogP contribution in [-0.4, -0.2) is 39.5 Å². The van der Waals surface area contributed by atoms with E-state index in [1.807, 2.05) is 20.8 Å². The zero-order valence-electron chi connectivity index (χ0n) is 12.3. The maximum Gasteiger partial charge on any atom is 0.212 e. The Hall–Kier alpha value is -0.170. The lowest BCUT2D eigenvalue weighted by molar-refractivity contribution is 0.0287. The highest BCUT2D eigenvalue weighted by Gasteiger charge is 2.22. The third-order valence-corrected chi connectivity index (χ3v) is 5.01. The SMILES string of the molecule is CC(C)(C)CS(=O)(=O)NCCOC1CCC(N)CC1. The fourth-order valence-electron chi connectivity index (χ4n) is 2.30. The van der Waals surface area contributed by atoms with Crippen molar-refractivity contribution in [2.24, 2.45) is 11.1 Å². The van der Waals surface area contributed by atoms with Crippen LogP contribution >= 0.6 is 0 Å². The Morgan fingerprint density at radius 3 is 2.32 bits per heavy atom. The lowest BCUT2D eigenvalue weighted by Gasteiger charge is -2.26. The van der Waals surface area contributed by atoms with E-state index >= 15 is 0 Å². The quantitative estimate of drug-likeness (QED) is 0.722. The molecule has 0 heterocycles. The smallest absolute Gasteiger partial charge is 0.212 e. The maximum absolute atomic E-state index is 11.8. The monoisotopic (exact) mass is 292 g/mol. The molecule has 0 atom stereocenters. The second kappa shape index (κ2) is 7.02. The minimum absolute atomic E-state index is 0.137. The molecule has 0 bridgehead atoms. The summed E-state index contributed by atoms with van der Waals surface area (Å²) >= 11 is 0. The third-order valence-electron chi connectivity index (χ3n) is 3.12. The molecule has 5 nitrogen and oxygen atoms in total. The van der Waals surface area contributed by atoms with Crippen LogP contribution in [0.5, 0.6) is 0 Å². The fraction of sp³-hybridized carbons (Fsp3) is 1.00. The molecule has 0 radical (unpaired) electrons. The molecule has 1 rings (SSSR count). The van der Waals surface area contributed by atoms with Crippen molar-refractivity contribution >= 4 is 10.0 Å². The Kier molecular flexibility index (Phi) is 6.23. The van der Waals surface area contributed by atoms with Gasteiger partial charge in [-0.3, -0.25) is 0 Å². The molecule has 0 saturated heterocycles. The number of rotatable bonds is 6. The molecule has 114 valence electrons. The first-order valence-corrected chi connectivity index (χ1v) is 8.68. The Morgan fingerprint density at radius 1 is 1.21 bits per heavy atom. The van der Waals surface area contributed by atoms with Gasteiger partial charge in [0.25, 0.3) is 0 Å². The first-order chi connectivity index (χ1) is 8.68. The van der Waals surface area contributed by atoms with E-state index < -0.39 is 10.0 Å². The van der Waals surface area contributed by atoms with E-state index in [1.165, 1.54) is 0 Å². The van der Waals surface area contributed by atoms with Gasteiger partial charge < -0.3 is 10.5 Å². The first kappa shape index (κ1) is 16.9. The summed E-state index contributed by atoms with van der Waals surface area (Å²) in [5.74, 6) is 0.137. The highest BCUT2D eigenvalue weighted by molar-refractivity contribution is 7.89. The molecule has 19 heavy (non-hydrogen) atoms. The second-order valence-electron chi connectivity index (χ2n) is 6.62. The number of sulfonamides is 1. The molecule has 6 heteroatoms. The Balaban J connectivity index is 2.17. The van der Waals surface area contributed by atoms with E-state index in [1.54, 1.807) is 0 Å². The van der Waals surface area contributed by atoms with Crippen molar-refractivity contribution in [3.8, 4) is 0 Å². The minimum Gasteiger partial charge on any atom is -0.377 e. The predicted molar refractivity (Wildman–Crippen MR) is 77.4 cm³/mol. The van der Waals surface area contributed by atoms with Crippen LogP contribution in [0.1, 0.15) is 46.5 Å². The zero-order valence-corrected chi connectivity index (χ0v) is 13.1. The van der Waals surface area contributed by atoms with Crippen LogP contribution in [0.25, 0.3) is 0 Å². The molecule has 3 N–H and O–H groups in total. The van der Waals surface area contributed by atoms with Crippen LogP contribution in [0.3, 0.4) is 0 Å². The number of nitrogens with two attached hydrogens (primary N) is 1. The molecule has 0 aromatic heterocycles. The third kappa shape index (κ3) is 7.87. The van der Waals surface area contributed by atoms with Gasteiger partial charge in [0.2, 0.25) is 10.0 Å². The predicted octanol–water partition coefficient (Wildman–Crippen LogP) is 1.24. The molecule has 1 aliphatic rings. The average Bonchev–Trinajstić information content (AvgIpc) is 2.23. The molecular weight excluding hydrogens is 264 g/mol. The lowest BCUT2D eigenvalue weighted by Crippen LogP contribution is -2.36. The molecule has 1 saturated carbocycles. The standard InChI is InChI=1S/C13H28N2O3S/c1-13(2,3)10-19(16,17)15-8-9-18-12-6-4-11(14)5-7-12/h11-12,15H,4-10,14H2,1-3H3. The number of nitrogens with one attached hydrogen (secondary N) is 1. The summed E-state index contributed by atoms with van der Waals surface area (Å²) in [6.45, 7) is 6.51. The summed E-state index contributed by atoms with van der Waals surface area (Å²) in [5.41, 5.74) is 5.59. The van der Waals surface area contributed by atoms with Gasteiger partial charge in [-0.2, -0.15) is 0 Å². The largest absolute Gasteiger partial charge is 0.377 e. The summed E-state index contributed by atoms with van der Waals surface area (Å²) in [6.07, 6.45) is 4.21. The van der Waals surface area contributed by atoms with Crippen LogP contribution in [-0.2, 0) is 14.8 Å². The van der Waals surface area contributed by atoms with Gasteiger partial charge in [0.1, 0.15) is 0 Å². The maximum atomic E-state index is 11.8. The van der Waals surface area contributed by atoms with Crippen LogP contribution in [0.15, 0.2) is 0 Å². The topological polar surface area (TPSA) is 81.4 Å². The molecule has 0 unspecified atom stereocenters. The van der Waals surface area contributed by atoms with Crippen molar-refractivity contribution in [3.05, 3.63) is 0 Å². The Bertz CT molecular complexity index is 355. The van der Waals surface area contributed by atoms with Gasteiger partial charge in [0.05, 0.1) is 18.5 Å². The van der Waals surface area contributed by atoms with Gasteiger partial charge in [-0.05, 0) is 31.1 Å². The van der Waals surface area contributed by atoms with Crippen molar-refractivity contribution in [1.29, 1.82) is 0 Å². The normalized spacial score (nSPS) is 25.5. The molecule has 0 aliphatic heterocycles. The van der Waals surface area contributed by atoms with Gasteiger partial charge in [-0.1, -0.05) is 20.8 Å². The highest BCUT2D eigenvalue weighted by Crippen LogP contribution is 2.19. The van der Waals surface area contributed by atoms with Crippen molar-refractivity contribution in [2.45, 2.75) is 58.6 Å². The summed E-state index contributed by atoms with van der Waals surface area (Å²) in [5, 5.41) is 0. The number of hydrogen-bond donors (Lipinski definition) is 2. The van der Waals surface area contributed by atoms with Crippen LogP contribution in [0.2, 0.25) is 0 Å². The molecule has 0 amide bonds. The van der Waals surface area contributed by atoms with Crippen molar-refractivity contribution < 1.29 is 13.2 Å². The van der Waals surface area contributed by atoms with E-state index in [0.29, 0.717) is 19.2 Å². The van der Waals surface area contributed by atoms with Crippen molar-refractivity contribution in [1.82, 2.24) is 4.72 Å². The van der Waals surface area contributed by atoms with E-state index in [2.05, 4.69) is 4.72 Å². The molecule has 0 aromatic carbocycles. The Labute approximate surface area is 117 Å². The van der Waals surface area contributed by atoms with Crippen molar-refractivity contribution in [2.75, 3.05) is 18.9 Å². The molecule has 0 aromatic rings. The number of hydrogen-bond acceptors (Lipinski definition) is 4. The summed E-state index contributed by atoms with van der Waals surface area (Å²) in [4.78, 5) is 0. The molecule has 0 spiro atoms. The van der Waals surface area contributed by atoms with E-state index in [4.69, 9.17) is 10.5 Å². The summed E-state index contributed by atoms with van der Waals surface area (Å²) < 4.78 is 31.8. The molecule has 1 fully saturated rings. The molecule has 1 aliphatic carbocycles.